The molecule has 1 heterocycles. The van der Waals surface area contributed by atoms with E-state index in [9.17, 15) is 0 Å². The number of imidazole rings is 1. The first-order valence-electron chi connectivity index (χ1n) is 5.85. The van der Waals surface area contributed by atoms with Crippen LogP contribution in [0.3, 0.4) is 0 Å². The molecule has 0 amide bonds. The molecule has 1 aromatic carbocycles. The summed E-state index contributed by atoms with van der Waals surface area (Å²) in [5.41, 5.74) is 7.03. The second-order valence-corrected chi connectivity index (χ2v) is 4.97. The lowest BCUT2D eigenvalue weighted by molar-refractivity contribution is 0.613. The maximum atomic E-state index is 6.24. The first-order chi connectivity index (χ1) is 8.63. The SMILES string of the molecule is CCCn1ccnc1C(N)c1cc(Cl)ccc1Cl. The van der Waals surface area contributed by atoms with Gasteiger partial charge >= 0.3 is 0 Å². The zero-order valence-corrected chi connectivity index (χ0v) is 11.6. The molecule has 2 rings (SSSR count). The molecule has 0 radical (unpaired) electrons. The topological polar surface area (TPSA) is 43.8 Å². The average molecular weight is 284 g/mol. The summed E-state index contributed by atoms with van der Waals surface area (Å²) >= 11 is 12.1. The lowest BCUT2D eigenvalue weighted by Gasteiger charge is -2.15. The smallest absolute Gasteiger partial charge is 0.130 e. The van der Waals surface area contributed by atoms with Gasteiger partial charge in [0.05, 0.1) is 6.04 Å². The molecule has 2 aromatic rings. The molecule has 0 saturated carbocycles. The highest BCUT2D eigenvalue weighted by Crippen LogP contribution is 2.28. The summed E-state index contributed by atoms with van der Waals surface area (Å²) in [5, 5.41) is 1.23. The third-order valence-corrected chi connectivity index (χ3v) is 3.36. The number of hydrogen-bond acceptors (Lipinski definition) is 2. The monoisotopic (exact) mass is 283 g/mol. The summed E-state index contributed by atoms with van der Waals surface area (Å²) in [6.07, 6.45) is 4.71. The van der Waals surface area contributed by atoms with Crippen LogP contribution in [0.25, 0.3) is 0 Å². The Morgan fingerprint density at radius 2 is 2.17 bits per heavy atom. The van der Waals surface area contributed by atoms with Crippen LogP contribution in [0.2, 0.25) is 10.0 Å². The van der Waals surface area contributed by atoms with Crippen LogP contribution in [0.1, 0.15) is 30.8 Å². The Labute approximate surface area is 117 Å². The van der Waals surface area contributed by atoms with Crippen LogP contribution in [0.5, 0.6) is 0 Å². The highest BCUT2D eigenvalue weighted by molar-refractivity contribution is 6.33. The molecule has 1 atom stereocenters. The third-order valence-electron chi connectivity index (χ3n) is 2.78. The van der Waals surface area contributed by atoms with E-state index in [1.165, 1.54) is 0 Å². The fraction of sp³-hybridized carbons (Fsp3) is 0.308. The molecule has 1 unspecified atom stereocenters. The highest BCUT2D eigenvalue weighted by Gasteiger charge is 2.17. The Balaban J connectivity index is 2.38. The molecule has 18 heavy (non-hydrogen) atoms. The molecule has 96 valence electrons. The number of nitrogens with two attached hydrogens (primary N) is 1. The average Bonchev–Trinajstić information content (AvgIpc) is 2.80. The van der Waals surface area contributed by atoms with Crippen LogP contribution in [0, 0.1) is 0 Å². The standard InChI is InChI=1S/C13H15Cl2N3/c1-2-6-18-7-5-17-13(18)12(16)10-8-9(14)3-4-11(10)15/h3-5,7-8,12H,2,6,16H2,1H3. The summed E-state index contributed by atoms with van der Waals surface area (Å²) in [7, 11) is 0. The van der Waals surface area contributed by atoms with Gasteiger partial charge in [0.25, 0.3) is 0 Å². The van der Waals surface area contributed by atoms with E-state index < -0.39 is 0 Å². The van der Waals surface area contributed by atoms with Crippen molar-refractivity contribution < 1.29 is 0 Å². The Bertz CT molecular complexity index is 537. The van der Waals surface area contributed by atoms with E-state index in [2.05, 4.69) is 11.9 Å². The van der Waals surface area contributed by atoms with Crippen molar-refractivity contribution in [1.82, 2.24) is 9.55 Å². The number of aryl methyl sites for hydroxylation is 1. The van der Waals surface area contributed by atoms with Gasteiger partial charge in [-0.1, -0.05) is 30.1 Å². The van der Waals surface area contributed by atoms with Gasteiger partial charge < -0.3 is 10.3 Å². The van der Waals surface area contributed by atoms with Gasteiger partial charge in [0, 0.05) is 29.0 Å². The molecule has 0 bridgehead atoms. The van der Waals surface area contributed by atoms with Crippen molar-refractivity contribution in [3.05, 3.63) is 52.0 Å². The number of nitrogens with zero attached hydrogens (tertiary/aromatic N) is 2. The minimum absolute atomic E-state index is 0.363. The highest BCUT2D eigenvalue weighted by atomic mass is 35.5. The van der Waals surface area contributed by atoms with Crippen molar-refractivity contribution in [2.45, 2.75) is 25.9 Å². The number of rotatable bonds is 4. The van der Waals surface area contributed by atoms with E-state index in [1.807, 2.05) is 10.8 Å². The second kappa shape index (κ2) is 5.74. The van der Waals surface area contributed by atoms with Gasteiger partial charge in [0.15, 0.2) is 0 Å². The van der Waals surface area contributed by atoms with Crippen molar-refractivity contribution in [2.24, 2.45) is 5.73 Å². The van der Waals surface area contributed by atoms with Crippen LogP contribution >= 0.6 is 23.2 Å². The molecule has 5 heteroatoms. The van der Waals surface area contributed by atoms with Crippen LogP contribution < -0.4 is 5.73 Å². The largest absolute Gasteiger partial charge is 0.333 e. The lowest BCUT2D eigenvalue weighted by Crippen LogP contribution is -2.18. The Morgan fingerprint density at radius 3 is 2.89 bits per heavy atom. The molecule has 0 saturated heterocycles. The zero-order chi connectivity index (χ0) is 13.1. The van der Waals surface area contributed by atoms with E-state index in [-0.39, 0.29) is 6.04 Å². The van der Waals surface area contributed by atoms with E-state index in [4.69, 9.17) is 28.9 Å². The van der Waals surface area contributed by atoms with Gasteiger partial charge in [0.1, 0.15) is 5.82 Å². The van der Waals surface area contributed by atoms with Crippen molar-refractivity contribution in [1.29, 1.82) is 0 Å². The molecule has 0 aliphatic rings. The first kappa shape index (κ1) is 13.4. The van der Waals surface area contributed by atoms with Crippen molar-refractivity contribution in [3.8, 4) is 0 Å². The van der Waals surface area contributed by atoms with Crippen LogP contribution in [-0.4, -0.2) is 9.55 Å². The van der Waals surface area contributed by atoms with Crippen LogP contribution in [0.4, 0.5) is 0 Å². The Morgan fingerprint density at radius 1 is 1.39 bits per heavy atom. The van der Waals surface area contributed by atoms with Gasteiger partial charge in [-0.05, 0) is 30.2 Å². The summed E-state index contributed by atoms with van der Waals surface area (Å²) in [5.74, 6) is 0.806. The first-order valence-corrected chi connectivity index (χ1v) is 6.60. The quantitative estimate of drug-likeness (QED) is 0.931. The number of hydrogen-bond donors (Lipinski definition) is 1. The second-order valence-electron chi connectivity index (χ2n) is 4.12. The normalized spacial score (nSPS) is 12.7. The zero-order valence-electron chi connectivity index (χ0n) is 10.1. The van der Waals surface area contributed by atoms with Crippen molar-refractivity contribution in [3.63, 3.8) is 0 Å². The molecule has 2 N–H and O–H groups in total. The lowest BCUT2D eigenvalue weighted by atomic mass is 10.1. The van der Waals surface area contributed by atoms with Crippen LogP contribution in [0.15, 0.2) is 30.6 Å². The fourth-order valence-corrected chi connectivity index (χ4v) is 2.34. The Hall–Kier alpha value is -1.03. The summed E-state index contributed by atoms with van der Waals surface area (Å²) in [6.45, 7) is 3.00. The van der Waals surface area contributed by atoms with Gasteiger partial charge in [-0.3, -0.25) is 0 Å². The van der Waals surface area contributed by atoms with Crippen molar-refractivity contribution in [2.75, 3.05) is 0 Å². The summed E-state index contributed by atoms with van der Waals surface area (Å²) in [4.78, 5) is 4.32. The predicted octanol–water partition coefficient (Wildman–Crippen LogP) is 3.65. The van der Waals surface area contributed by atoms with E-state index in [0.29, 0.717) is 10.0 Å². The summed E-state index contributed by atoms with van der Waals surface area (Å²) in [6, 6.07) is 4.93. The maximum absolute atomic E-state index is 6.24. The molecular weight excluding hydrogens is 269 g/mol. The molecule has 0 aliphatic carbocycles. The van der Waals surface area contributed by atoms with Crippen LogP contribution in [-0.2, 0) is 6.54 Å². The molecule has 1 aromatic heterocycles. The van der Waals surface area contributed by atoms with Gasteiger partial charge in [-0.15, -0.1) is 0 Å². The van der Waals surface area contributed by atoms with E-state index in [1.54, 1.807) is 24.4 Å². The van der Waals surface area contributed by atoms with Gasteiger partial charge in [-0.25, -0.2) is 4.98 Å². The number of benzene rings is 1. The Kier molecular flexibility index (Phi) is 4.27. The minimum Gasteiger partial charge on any atom is -0.333 e. The molecule has 0 aliphatic heterocycles. The number of halogens is 2. The predicted molar refractivity (Wildman–Crippen MR) is 75.0 cm³/mol. The molecule has 0 spiro atoms. The van der Waals surface area contributed by atoms with Gasteiger partial charge in [-0.2, -0.15) is 0 Å². The minimum atomic E-state index is -0.363. The van der Waals surface area contributed by atoms with E-state index in [0.717, 1.165) is 24.4 Å². The fourth-order valence-electron chi connectivity index (χ4n) is 1.92. The maximum Gasteiger partial charge on any atom is 0.130 e. The molecular formula is C13H15Cl2N3. The number of aromatic nitrogens is 2. The molecule has 0 fully saturated rings. The third kappa shape index (κ3) is 2.69. The van der Waals surface area contributed by atoms with Gasteiger partial charge in [0.2, 0.25) is 0 Å². The molecule has 3 nitrogen and oxygen atoms in total. The summed E-state index contributed by atoms with van der Waals surface area (Å²) < 4.78 is 2.04. The van der Waals surface area contributed by atoms with Crippen molar-refractivity contribution >= 4 is 23.2 Å². The van der Waals surface area contributed by atoms with E-state index >= 15 is 0 Å².